The van der Waals surface area contributed by atoms with Crippen molar-refractivity contribution in [3.8, 4) is 0 Å². The molecule has 0 bridgehead atoms. The summed E-state index contributed by atoms with van der Waals surface area (Å²) >= 11 is 13.1. The van der Waals surface area contributed by atoms with Gasteiger partial charge in [-0.3, -0.25) is 4.79 Å². The number of benzene rings is 1. The smallest absolute Gasteiger partial charge is 0.161 e. The van der Waals surface area contributed by atoms with E-state index in [4.69, 9.17) is 23.2 Å². The van der Waals surface area contributed by atoms with Gasteiger partial charge in [0.2, 0.25) is 0 Å². The predicted octanol–water partition coefficient (Wildman–Crippen LogP) is 7.22. The first-order valence-electron chi connectivity index (χ1n) is 9.01. The van der Waals surface area contributed by atoms with E-state index in [-0.39, 0.29) is 5.78 Å². The molecule has 0 spiro atoms. The number of unbranched alkanes of at least 4 members (excludes halogenated alkanes) is 3. The molecule has 0 saturated carbocycles. The van der Waals surface area contributed by atoms with Gasteiger partial charge in [0.15, 0.2) is 5.78 Å². The molecule has 3 heteroatoms. The van der Waals surface area contributed by atoms with Crippen LogP contribution in [0, 0.1) is 0 Å². The number of ketones is 1. The van der Waals surface area contributed by atoms with Gasteiger partial charge in [0, 0.05) is 5.56 Å². The highest BCUT2D eigenvalue weighted by atomic mass is 35.5. The molecule has 0 N–H and O–H groups in total. The molecule has 23 heavy (non-hydrogen) atoms. The van der Waals surface area contributed by atoms with Crippen molar-refractivity contribution in [3.05, 3.63) is 32.3 Å². The lowest BCUT2D eigenvalue weighted by Crippen LogP contribution is -2.11. The van der Waals surface area contributed by atoms with Gasteiger partial charge in [-0.2, -0.15) is 0 Å². The lowest BCUT2D eigenvalue weighted by atomic mass is 9.86. The first-order chi connectivity index (χ1) is 11.0. The first kappa shape index (κ1) is 20.5. The van der Waals surface area contributed by atoms with Crippen molar-refractivity contribution >= 4 is 29.0 Å². The van der Waals surface area contributed by atoms with Crippen molar-refractivity contribution < 1.29 is 4.79 Å². The minimum absolute atomic E-state index is 0.0304. The number of halogens is 2. The maximum atomic E-state index is 12.2. The Morgan fingerprint density at radius 3 is 1.61 bits per heavy atom. The summed E-state index contributed by atoms with van der Waals surface area (Å²) in [5.41, 5.74) is 4.31. The highest BCUT2D eigenvalue weighted by Crippen LogP contribution is 2.38. The highest BCUT2D eigenvalue weighted by Gasteiger charge is 2.23. The van der Waals surface area contributed by atoms with Crippen LogP contribution in [-0.2, 0) is 19.3 Å². The Morgan fingerprint density at radius 1 is 0.739 bits per heavy atom. The summed E-state index contributed by atoms with van der Waals surface area (Å²) in [4.78, 5) is 12.2. The Hall–Kier alpha value is -0.530. The minimum atomic E-state index is 0.0304. The average Bonchev–Trinajstić information content (AvgIpc) is 2.52. The molecular weight excluding hydrogens is 327 g/mol. The van der Waals surface area contributed by atoms with E-state index in [1.165, 1.54) is 11.1 Å². The standard InChI is InChI=1S/C20H30Cl2O/c1-5-8-11-15-16(12-9-6-2)18(14(4)23)20(22)19(21)17(15)13-10-7-3/h5-13H2,1-4H3. The molecule has 0 atom stereocenters. The summed E-state index contributed by atoms with van der Waals surface area (Å²) < 4.78 is 0. The van der Waals surface area contributed by atoms with Crippen LogP contribution in [0.3, 0.4) is 0 Å². The zero-order valence-electron chi connectivity index (χ0n) is 15.0. The van der Waals surface area contributed by atoms with E-state index in [1.807, 2.05) is 0 Å². The van der Waals surface area contributed by atoms with E-state index >= 15 is 0 Å². The Balaban J connectivity index is 3.54. The van der Waals surface area contributed by atoms with Crippen molar-refractivity contribution in [2.24, 2.45) is 0 Å². The van der Waals surface area contributed by atoms with Gasteiger partial charge < -0.3 is 0 Å². The topological polar surface area (TPSA) is 17.1 Å². The third-order valence-electron chi connectivity index (χ3n) is 4.40. The fraction of sp³-hybridized carbons (Fsp3) is 0.650. The second kappa shape index (κ2) is 10.4. The van der Waals surface area contributed by atoms with Gasteiger partial charge in [0.25, 0.3) is 0 Å². The number of carbonyl (C=O) groups is 1. The van der Waals surface area contributed by atoms with Crippen LogP contribution >= 0.6 is 23.2 Å². The van der Waals surface area contributed by atoms with Gasteiger partial charge in [-0.05, 0) is 62.1 Å². The molecule has 0 unspecified atom stereocenters. The van der Waals surface area contributed by atoms with Gasteiger partial charge in [-0.15, -0.1) is 0 Å². The summed E-state index contributed by atoms with van der Waals surface area (Å²) in [6.45, 7) is 8.15. The molecule has 1 nitrogen and oxygen atoms in total. The zero-order valence-corrected chi connectivity index (χ0v) is 16.5. The molecule has 0 heterocycles. The fourth-order valence-corrected chi connectivity index (χ4v) is 3.77. The van der Waals surface area contributed by atoms with Crippen molar-refractivity contribution in [1.82, 2.24) is 0 Å². The largest absolute Gasteiger partial charge is 0.294 e. The monoisotopic (exact) mass is 356 g/mol. The lowest BCUT2D eigenvalue weighted by molar-refractivity contribution is 0.101. The second-order valence-electron chi connectivity index (χ2n) is 6.31. The molecule has 0 fully saturated rings. The number of hydrogen-bond acceptors (Lipinski definition) is 1. The quantitative estimate of drug-likeness (QED) is 0.404. The van der Waals surface area contributed by atoms with E-state index < -0.39 is 0 Å². The third kappa shape index (κ3) is 5.22. The Bertz CT molecular complexity index is 535. The zero-order chi connectivity index (χ0) is 17.4. The van der Waals surface area contributed by atoms with Crippen LogP contribution in [0.15, 0.2) is 0 Å². The SMILES string of the molecule is CCCCc1c(Cl)c(Cl)c(C(C)=O)c(CCCC)c1CCCC. The van der Waals surface area contributed by atoms with Gasteiger partial charge in [0.1, 0.15) is 0 Å². The highest BCUT2D eigenvalue weighted by molar-refractivity contribution is 6.44. The van der Waals surface area contributed by atoms with Crippen LogP contribution in [0.25, 0.3) is 0 Å². The van der Waals surface area contributed by atoms with E-state index in [2.05, 4.69) is 20.8 Å². The van der Waals surface area contributed by atoms with Crippen molar-refractivity contribution in [3.63, 3.8) is 0 Å². The first-order valence-corrected chi connectivity index (χ1v) is 9.77. The van der Waals surface area contributed by atoms with Gasteiger partial charge in [-0.1, -0.05) is 63.2 Å². The normalized spacial score (nSPS) is 11.0. The van der Waals surface area contributed by atoms with Gasteiger partial charge >= 0.3 is 0 Å². The average molecular weight is 357 g/mol. The van der Waals surface area contributed by atoms with Crippen molar-refractivity contribution in [2.45, 2.75) is 85.5 Å². The molecule has 130 valence electrons. The molecule has 1 aromatic rings. The van der Waals surface area contributed by atoms with Crippen LogP contribution in [0.2, 0.25) is 10.0 Å². The van der Waals surface area contributed by atoms with Gasteiger partial charge in [0.05, 0.1) is 10.0 Å². The molecule has 1 rings (SSSR count). The van der Waals surface area contributed by atoms with E-state index in [1.54, 1.807) is 6.92 Å². The van der Waals surface area contributed by atoms with Crippen LogP contribution in [0.1, 0.15) is 93.3 Å². The second-order valence-corrected chi connectivity index (χ2v) is 7.06. The van der Waals surface area contributed by atoms with E-state index in [9.17, 15) is 4.79 Å². The molecule has 0 aromatic heterocycles. The van der Waals surface area contributed by atoms with Crippen LogP contribution in [-0.4, -0.2) is 5.78 Å². The summed E-state index contributed by atoms with van der Waals surface area (Å²) in [7, 11) is 0. The third-order valence-corrected chi connectivity index (χ3v) is 5.29. The molecule has 0 aliphatic heterocycles. The minimum Gasteiger partial charge on any atom is -0.294 e. The lowest BCUT2D eigenvalue weighted by Gasteiger charge is -2.21. The summed E-state index contributed by atoms with van der Waals surface area (Å²) in [5, 5.41) is 1.08. The van der Waals surface area contributed by atoms with Crippen molar-refractivity contribution in [1.29, 1.82) is 0 Å². The van der Waals surface area contributed by atoms with Gasteiger partial charge in [-0.25, -0.2) is 0 Å². The number of Topliss-reactive ketones (excluding diaryl/α,β-unsaturated/α-hetero) is 1. The molecule has 0 aliphatic rings. The number of carbonyl (C=O) groups excluding carboxylic acids is 1. The Kier molecular flexibility index (Phi) is 9.24. The molecule has 0 radical (unpaired) electrons. The van der Waals surface area contributed by atoms with Crippen LogP contribution < -0.4 is 0 Å². The molecule has 0 amide bonds. The summed E-state index contributed by atoms with van der Waals surface area (Å²) in [5.74, 6) is 0.0304. The maximum absolute atomic E-state index is 12.2. The summed E-state index contributed by atoms with van der Waals surface area (Å²) in [6, 6.07) is 0. The molecule has 0 saturated heterocycles. The van der Waals surface area contributed by atoms with E-state index in [0.29, 0.717) is 15.6 Å². The number of rotatable bonds is 10. The molecule has 1 aromatic carbocycles. The molecular formula is C20H30Cl2O. The Morgan fingerprint density at radius 2 is 1.17 bits per heavy atom. The van der Waals surface area contributed by atoms with Crippen LogP contribution in [0.4, 0.5) is 0 Å². The summed E-state index contributed by atoms with van der Waals surface area (Å²) in [6.07, 6.45) is 9.52. The number of hydrogen-bond donors (Lipinski definition) is 0. The Labute approximate surface area is 151 Å². The van der Waals surface area contributed by atoms with E-state index in [0.717, 1.165) is 63.4 Å². The fourth-order valence-electron chi connectivity index (χ4n) is 3.11. The van der Waals surface area contributed by atoms with Crippen LogP contribution in [0.5, 0.6) is 0 Å². The van der Waals surface area contributed by atoms with Crippen molar-refractivity contribution in [2.75, 3.05) is 0 Å². The maximum Gasteiger partial charge on any atom is 0.161 e. The predicted molar refractivity (Wildman–Crippen MR) is 102 cm³/mol. The molecule has 0 aliphatic carbocycles.